The van der Waals surface area contributed by atoms with Gasteiger partial charge in [0.15, 0.2) is 5.82 Å². The van der Waals surface area contributed by atoms with Crippen LogP contribution in [-0.2, 0) is 0 Å². The summed E-state index contributed by atoms with van der Waals surface area (Å²) in [5.74, 6) is 0.242. The number of hydrogen-bond acceptors (Lipinski definition) is 3. The first-order valence-corrected chi connectivity index (χ1v) is 3.68. The van der Waals surface area contributed by atoms with E-state index in [0.29, 0.717) is 13.0 Å². The first kappa shape index (κ1) is 8.70. The van der Waals surface area contributed by atoms with Crippen molar-refractivity contribution in [1.29, 1.82) is 0 Å². The number of rotatable bonds is 4. The lowest BCUT2D eigenvalue weighted by Crippen LogP contribution is -2.16. The van der Waals surface area contributed by atoms with Gasteiger partial charge in [-0.1, -0.05) is 0 Å². The number of hydrogen-bond donors (Lipinski definition) is 2. The lowest BCUT2D eigenvalue weighted by molar-refractivity contribution is 0.481. The zero-order chi connectivity index (χ0) is 8.81. The maximum atomic E-state index is 11.7. The lowest BCUT2D eigenvalue weighted by atomic mass is 10.4. The highest BCUT2D eigenvalue weighted by molar-refractivity contribution is 5.29. The third-order valence-corrected chi connectivity index (χ3v) is 1.31. The highest BCUT2D eigenvalue weighted by Gasteiger charge is 1.96. The number of nitrogens with zero attached hydrogens (tertiary/aromatic N) is 1. The van der Waals surface area contributed by atoms with Crippen molar-refractivity contribution in [3.05, 3.63) is 22.7 Å². The van der Waals surface area contributed by atoms with Gasteiger partial charge in [-0.3, -0.25) is 9.18 Å². The molecule has 66 valence electrons. The summed E-state index contributed by atoms with van der Waals surface area (Å²) in [7, 11) is 0. The Kier molecular flexibility index (Phi) is 3.25. The van der Waals surface area contributed by atoms with Crippen LogP contribution in [0.2, 0.25) is 0 Å². The van der Waals surface area contributed by atoms with E-state index in [4.69, 9.17) is 0 Å². The monoisotopic (exact) mass is 171 g/mol. The molecule has 0 radical (unpaired) electrons. The Morgan fingerprint density at radius 1 is 1.67 bits per heavy atom. The molecule has 1 rings (SSSR count). The highest BCUT2D eigenvalue weighted by atomic mass is 19.1. The van der Waals surface area contributed by atoms with E-state index in [1.54, 1.807) is 0 Å². The molecule has 0 aromatic carbocycles. The fourth-order valence-electron chi connectivity index (χ4n) is 0.751. The van der Waals surface area contributed by atoms with Crippen LogP contribution in [0.4, 0.5) is 10.2 Å². The van der Waals surface area contributed by atoms with Crippen molar-refractivity contribution in [2.24, 2.45) is 0 Å². The van der Waals surface area contributed by atoms with Crippen LogP contribution in [0.25, 0.3) is 0 Å². The molecular weight excluding hydrogens is 161 g/mol. The van der Waals surface area contributed by atoms with E-state index in [0.717, 1.165) is 0 Å². The summed E-state index contributed by atoms with van der Waals surface area (Å²) in [6.07, 6.45) is 3.30. The molecule has 0 saturated carbocycles. The van der Waals surface area contributed by atoms with Crippen molar-refractivity contribution in [3.63, 3.8) is 0 Å². The van der Waals surface area contributed by atoms with Crippen LogP contribution in [0.5, 0.6) is 0 Å². The molecule has 1 aromatic rings. The SMILES string of the molecule is O=c1[nH]ccnc1NCCCF. The minimum Gasteiger partial charge on any atom is -0.365 e. The first-order chi connectivity index (χ1) is 5.84. The van der Waals surface area contributed by atoms with Gasteiger partial charge in [-0.2, -0.15) is 0 Å². The largest absolute Gasteiger partial charge is 0.365 e. The van der Waals surface area contributed by atoms with Gasteiger partial charge in [0.2, 0.25) is 0 Å². The van der Waals surface area contributed by atoms with Gasteiger partial charge in [-0.05, 0) is 6.42 Å². The predicted octanol–water partition coefficient (Wildman–Crippen LogP) is 0.541. The topological polar surface area (TPSA) is 57.8 Å². The van der Waals surface area contributed by atoms with E-state index in [1.807, 2.05) is 0 Å². The van der Waals surface area contributed by atoms with Gasteiger partial charge in [0.1, 0.15) is 0 Å². The number of nitrogens with one attached hydrogen (secondary N) is 2. The summed E-state index contributed by atoms with van der Waals surface area (Å²) in [5, 5.41) is 2.72. The Labute approximate surface area is 68.8 Å². The maximum Gasteiger partial charge on any atom is 0.290 e. The number of H-pyrrole nitrogens is 1. The zero-order valence-corrected chi connectivity index (χ0v) is 6.51. The molecule has 0 fully saturated rings. The fraction of sp³-hybridized carbons (Fsp3) is 0.429. The van der Waals surface area contributed by atoms with Crippen LogP contribution in [0, 0.1) is 0 Å². The van der Waals surface area contributed by atoms with Gasteiger partial charge < -0.3 is 10.3 Å². The van der Waals surface area contributed by atoms with Crippen LogP contribution < -0.4 is 10.9 Å². The molecule has 0 amide bonds. The van der Waals surface area contributed by atoms with Gasteiger partial charge in [0, 0.05) is 18.9 Å². The second-order valence-electron chi connectivity index (χ2n) is 2.24. The average Bonchev–Trinajstić information content (AvgIpc) is 2.09. The first-order valence-electron chi connectivity index (χ1n) is 3.68. The second-order valence-corrected chi connectivity index (χ2v) is 2.24. The van der Waals surface area contributed by atoms with E-state index >= 15 is 0 Å². The van der Waals surface area contributed by atoms with Gasteiger partial charge in [0.25, 0.3) is 5.56 Å². The van der Waals surface area contributed by atoms with Crippen LogP contribution >= 0.6 is 0 Å². The van der Waals surface area contributed by atoms with E-state index in [2.05, 4.69) is 15.3 Å². The molecule has 0 atom stereocenters. The Hall–Kier alpha value is -1.39. The standard InChI is InChI=1S/C7H10FN3O/c8-2-1-3-9-6-7(12)11-5-4-10-6/h4-5H,1-3H2,(H,9,10)(H,11,12). The second kappa shape index (κ2) is 4.48. The third-order valence-electron chi connectivity index (χ3n) is 1.31. The van der Waals surface area contributed by atoms with E-state index < -0.39 is 6.67 Å². The lowest BCUT2D eigenvalue weighted by Gasteiger charge is -2.00. The van der Waals surface area contributed by atoms with Crippen molar-refractivity contribution in [2.75, 3.05) is 18.5 Å². The van der Waals surface area contributed by atoms with Gasteiger partial charge in [0.05, 0.1) is 6.67 Å². The molecule has 0 saturated heterocycles. The molecular formula is C7H10FN3O. The van der Waals surface area contributed by atoms with Crippen molar-refractivity contribution in [2.45, 2.75) is 6.42 Å². The number of alkyl halides is 1. The van der Waals surface area contributed by atoms with Gasteiger partial charge in [-0.15, -0.1) is 0 Å². The van der Waals surface area contributed by atoms with Crippen molar-refractivity contribution in [3.8, 4) is 0 Å². The van der Waals surface area contributed by atoms with E-state index in [-0.39, 0.29) is 11.4 Å². The molecule has 0 unspecified atom stereocenters. The molecule has 4 nitrogen and oxygen atoms in total. The Balaban J connectivity index is 2.52. The number of aromatic nitrogens is 2. The van der Waals surface area contributed by atoms with Crippen molar-refractivity contribution < 1.29 is 4.39 Å². The number of anilines is 1. The molecule has 1 heterocycles. The zero-order valence-electron chi connectivity index (χ0n) is 6.51. The highest BCUT2D eigenvalue weighted by Crippen LogP contribution is 1.90. The summed E-state index contributed by atoms with van der Waals surface area (Å²) in [4.78, 5) is 17.2. The molecule has 2 N–H and O–H groups in total. The summed E-state index contributed by atoms with van der Waals surface area (Å²) >= 11 is 0. The smallest absolute Gasteiger partial charge is 0.290 e. The normalized spacial score (nSPS) is 9.75. The predicted molar refractivity (Wildman–Crippen MR) is 43.9 cm³/mol. The molecule has 0 bridgehead atoms. The number of halogens is 1. The van der Waals surface area contributed by atoms with Crippen molar-refractivity contribution >= 4 is 5.82 Å². The quantitative estimate of drug-likeness (QED) is 0.650. The summed E-state index contributed by atoms with van der Waals surface area (Å²) in [6, 6.07) is 0. The van der Waals surface area contributed by atoms with Crippen LogP contribution in [0.15, 0.2) is 17.2 Å². The Morgan fingerprint density at radius 2 is 2.50 bits per heavy atom. The summed E-state index contributed by atoms with van der Waals surface area (Å²) in [6.45, 7) is 0.0360. The molecule has 12 heavy (non-hydrogen) atoms. The van der Waals surface area contributed by atoms with Gasteiger partial charge >= 0.3 is 0 Å². The third kappa shape index (κ3) is 2.34. The number of aromatic amines is 1. The van der Waals surface area contributed by atoms with E-state index in [1.165, 1.54) is 12.4 Å². The molecule has 1 aromatic heterocycles. The minimum atomic E-state index is -0.391. The van der Waals surface area contributed by atoms with Crippen molar-refractivity contribution in [1.82, 2.24) is 9.97 Å². The summed E-state index contributed by atoms with van der Waals surface area (Å²) in [5.41, 5.74) is -0.281. The average molecular weight is 171 g/mol. The minimum absolute atomic E-state index is 0.242. The van der Waals surface area contributed by atoms with Crippen LogP contribution in [0.1, 0.15) is 6.42 Å². The molecule has 0 aliphatic carbocycles. The molecule has 0 aliphatic rings. The maximum absolute atomic E-state index is 11.7. The fourth-order valence-corrected chi connectivity index (χ4v) is 0.751. The van der Waals surface area contributed by atoms with Crippen LogP contribution in [0.3, 0.4) is 0 Å². The molecule has 0 aliphatic heterocycles. The molecule has 0 spiro atoms. The Morgan fingerprint density at radius 3 is 3.17 bits per heavy atom. The Bertz CT molecular complexity index is 286. The summed E-state index contributed by atoms with van der Waals surface area (Å²) < 4.78 is 11.7. The van der Waals surface area contributed by atoms with E-state index in [9.17, 15) is 9.18 Å². The molecule has 5 heteroatoms. The van der Waals surface area contributed by atoms with Gasteiger partial charge in [-0.25, -0.2) is 4.98 Å². The van der Waals surface area contributed by atoms with Crippen LogP contribution in [-0.4, -0.2) is 23.2 Å².